The number of aryl methyl sites for hydroxylation is 1. The van der Waals surface area contributed by atoms with Gasteiger partial charge in [-0.15, -0.1) is 0 Å². The maximum absolute atomic E-state index is 11.6. The Morgan fingerprint density at radius 3 is 2.50 bits per heavy atom. The van der Waals surface area contributed by atoms with Crippen molar-refractivity contribution in [3.05, 3.63) is 42.0 Å². The Morgan fingerprint density at radius 2 is 1.92 bits per heavy atom. The van der Waals surface area contributed by atoms with Crippen molar-refractivity contribution in [2.24, 2.45) is 4.99 Å². The van der Waals surface area contributed by atoms with E-state index < -0.39 is 0 Å². The van der Waals surface area contributed by atoms with Gasteiger partial charge in [0, 0.05) is 20.6 Å². The highest BCUT2D eigenvalue weighted by molar-refractivity contribution is 5.84. The van der Waals surface area contributed by atoms with Gasteiger partial charge in [-0.25, -0.2) is 4.99 Å². The van der Waals surface area contributed by atoms with Crippen molar-refractivity contribution in [1.29, 1.82) is 0 Å². The minimum absolute atomic E-state index is 0.0534. The standard InChI is InChI=1S/C18H28N4O2/c1-14(2)12-20-18(21-13-17(23)22(4)5)19-10-11-24-16-8-6-15(3)7-9-16/h6-9H,1,10-13H2,2-5H3,(H2,19,20,21). The highest BCUT2D eigenvalue weighted by Gasteiger charge is 2.04. The number of likely N-dealkylation sites (N-methyl/N-ethyl adjacent to an activating group) is 1. The number of amides is 1. The Kier molecular flexibility index (Phi) is 8.39. The topological polar surface area (TPSA) is 66.0 Å². The Balaban J connectivity index is 2.45. The largest absolute Gasteiger partial charge is 0.492 e. The van der Waals surface area contributed by atoms with Crippen molar-refractivity contribution in [3.63, 3.8) is 0 Å². The summed E-state index contributed by atoms with van der Waals surface area (Å²) in [5.74, 6) is 1.35. The summed E-state index contributed by atoms with van der Waals surface area (Å²) in [6, 6.07) is 7.91. The molecule has 0 bridgehead atoms. The Hall–Kier alpha value is -2.50. The summed E-state index contributed by atoms with van der Waals surface area (Å²) in [5.41, 5.74) is 2.18. The molecule has 0 atom stereocenters. The summed E-state index contributed by atoms with van der Waals surface area (Å²) >= 11 is 0. The molecular formula is C18H28N4O2. The van der Waals surface area contributed by atoms with Gasteiger partial charge in [-0.2, -0.15) is 0 Å². The maximum atomic E-state index is 11.6. The van der Waals surface area contributed by atoms with E-state index in [1.807, 2.05) is 38.1 Å². The van der Waals surface area contributed by atoms with Gasteiger partial charge in [0.15, 0.2) is 5.96 Å². The van der Waals surface area contributed by atoms with Gasteiger partial charge in [0.1, 0.15) is 18.9 Å². The summed E-state index contributed by atoms with van der Waals surface area (Å²) in [6.07, 6.45) is 0. The first-order valence-corrected chi connectivity index (χ1v) is 7.94. The van der Waals surface area contributed by atoms with Crippen molar-refractivity contribution in [3.8, 4) is 5.75 Å². The van der Waals surface area contributed by atoms with Crippen molar-refractivity contribution in [1.82, 2.24) is 15.5 Å². The SMILES string of the molecule is C=C(C)CNC(=NCC(=O)N(C)C)NCCOc1ccc(C)cc1. The number of aliphatic imine (C=N–C) groups is 1. The average Bonchev–Trinajstić information content (AvgIpc) is 2.54. The molecule has 0 fully saturated rings. The predicted octanol–water partition coefficient (Wildman–Crippen LogP) is 1.57. The molecule has 0 spiro atoms. The molecule has 6 nitrogen and oxygen atoms in total. The number of rotatable bonds is 8. The van der Waals surface area contributed by atoms with Crippen LogP contribution >= 0.6 is 0 Å². The fraction of sp³-hybridized carbons (Fsp3) is 0.444. The first kappa shape index (κ1) is 19.5. The number of nitrogens with zero attached hydrogens (tertiary/aromatic N) is 2. The molecule has 132 valence electrons. The second-order valence-corrected chi connectivity index (χ2v) is 5.85. The first-order valence-electron chi connectivity index (χ1n) is 7.94. The summed E-state index contributed by atoms with van der Waals surface area (Å²) in [5, 5.41) is 6.29. The van der Waals surface area contributed by atoms with E-state index in [-0.39, 0.29) is 12.5 Å². The predicted molar refractivity (Wildman–Crippen MR) is 98.5 cm³/mol. The quantitative estimate of drug-likeness (QED) is 0.328. The molecule has 0 saturated carbocycles. The van der Waals surface area contributed by atoms with E-state index in [9.17, 15) is 4.79 Å². The van der Waals surface area contributed by atoms with Crippen LogP contribution in [0.25, 0.3) is 0 Å². The molecule has 0 saturated heterocycles. The molecule has 24 heavy (non-hydrogen) atoms. The van der Waals surface area contributed by atoms with Crippen LogP contribution in [0.2, 0.25) is 0 Å². The average molecular weight is 332 g/mol. The molecule has 0 aromatic heterocycles. The van der Waals surface area contributed by atoms with Crippen molar-refractivity contribution in [2.75, 3.05) is 40.3 Å². The van der Waals surface area contributed by atoms with E-state index in [0.29, 0.717) is 25.7 Å². The van der Waals surface area contributed by atoms with Crippen LogP contribution in [-0.4, -0.2) is 57.1 Å². The van der Waals surface area contributed by atoms with Crippen LogP contribution in [0, 0.1) is 6.92 Å². The smallest absolute Gasteiger partial charge is 0.243 e. The van der Waals surface area contributed by atoms with Gasteiger partial charge in [0.05, 0.1) is 6.54 Å². The number of nitrogens with one attached hydrogen (secondary N) is 2. The van der Waals surface area contributed by atoms with Gasteiger partial charge in [-0.1, -0.05) is 29.8 Å². The number of hydrogen-bond donors (Lipinski definition) is 2. The highest BCUT2D eigenvalue weighted by Crippen LogP contribution is 2.10. The molecule has 0 aliphatic rings. The van der Waals surface area contributed by atoms with E-state index in [1.54, 1.807) is 14.1 Å². The number of ether oxygens (including phenoxy) is 1. The molecular weight excluding hydrogens is 304 g/mol. The van der Waals surface area contributed by atoms with Gasteiger partial charge in [0.25, 0.3) is 0 Å². The molecule has 6 heteroatoms. The van der Waals surface area contributed by atoms with E-state index in [2.05, 4.69) is 22.2 Å². The number of carbonyl (C=O) groups excluding carboxylic acids is 1. The molecule has 1 aromatic rings. The van der Waals surface area contributed by atoms with Gasteiger partial charge < -0.3 is 20.3 Å². The summed E-state index contributed by atoms with van der Waals surface area (Å²) in [6.45, 7) is 9.58. The lowest BCUT2D eigenvalue weighted by atomic mass is 10.2. The lowest BCUT2D eigenvalue weighted by Gasteiger charge is -2.14. The van der Waals surface area contributed by atoms with Crippen molar-refractivity contribution in [2.45, 2.75) is 13.8 Å². The first-order chi connectivity index (χ1) is 11.4. The number of carbonyl (C=O) groups is 1. The number of guanidine groups is 1. The minimum Gasteiger partial charge on any atom is -0.492 e. The second kappa shape index (κ2) is 10.3. The molecule has 1 aromatic carbocycles. The molecule has 0 unspecified atom stereocenters. The zero-order chi connectivity index (χ0) is 17.9. The van der Waals surface area contributed by atoms with Gasteiger partial charge in [-0.3, -0.25) is 4.79 Å². The fourth-order valence-corrected chi connectivity index (χ4v) is 1.67. The third-order valence-corrected chi connectivity index (χ3v) is 3.11. The van der Waals surface area contributed by atoms with Crippen LogP contribution < -0.4 is 15.4 Å². The van der Waals surface area contributed by atoms with Crippen molar-refractivity contribution < 1.29 is 9.53 Å². The van der Waals surface area contributed by atoms with Crippen LogP contribution in [0.3, 0.4) is 0 Å². The lowest BCUT2D eigenvalue weighted by Crippen LogP contribution is -2.41. The summed E-state index contributed by atoms with van der Waals surface area (Å²) in [4.78, 5) is 17.4. The normalized spacial score (nSPS) is 10.9. The van der Waals surface area contributed by atoms with E-state index >= 15 is 0 Å². The van der Waals surface area contributed by atoms with Crippen LogP contribution in [-0.2, 0) is 4.79 Å². The zero-order valence-electron chi connectivity index (χ0n) is 15.1. The van der Waals surface area contributed by atoms with E-state index in [1.165, 1.54) is 10.5 Å². The minimum atomic E-state index is -0.0534. The third kappa shape index (κ3) is 8.22. The Morgan fingerprint density at radius 1 is 1.25 bits per heavy atom. The number of hydrogen-bond acceptors (Lipinski definition) is 3. The zero-order valence-corrected chi connectivity index (χ0v) is 15.1. The van der Waals surface area contributed by atoms with Crippen LogP contribution in [0.15, 0.2) is 41.4 Å². The van der Waals surface area contributed by atoms with Crippen LogP contribution in [0.4, 0.5) is 0 Å². The Labute approximate surface area is 144 Å². The summed E-state index contributed by atoms with van der Waals surface area (Å²) in [7, 11) is 3.42. The second-order valence-electron chi connectivity index (χ2n) is 5.85. The number of benzene rings is 1. The molecule has 0 radical (unpaired) electrons. The van der Waals surface area contributed by atoms with E-state index in [0.717, 1.165) is 11.3 Å². The molecule has 2 N–H and O–H groups in total. The van der Waals surface area contributed by atoms with Crippen molar-refractivity contribution >= 4 is 11.9 Å². The molecule has 0 aliphatic heterocycles. The molecule has 1 rings (SSSR count). The highest BCUT2D eigenvalue weighted by atomic mass is 16.5. The molecule has 0 heterocycles. The van der Waals surface area contributed by atoms with E-state index in [4.69, 9.17) is 4.74 Å². The Bertz CT molecular complexity index is 565. The molecule has 0 aliphatic carbocycles. The maximum Gasteiger partial charge on any atom is 0.243 e. The van der Waals surface area contributed by atoms with Gasteiger partial charge >= 0.3 is 0 Å². The van der Waals surface area contributed by atoms with Crippen LogP contribution in [0.1, 0.15) is 12.5 Å². The van der Waals surface area contributed by atoms with Gasteiger partial charge in [-0.05, 0) is 26.0 Å². The summed E-state index contributed by atoms with van der Waals surface area (Å²) < 4.78 is 5.66. The van der Waals surface area contributed by atoms with Crippen LogP contribution in [0.5, 0.6) is 5.75 Å². The monoisotopic (exact) mass is 332 g/mol. The lowest BCUT2D eigenvalue weighted by molar-refractivity contribution is -0.127. The fourth-order valence-electron chi connectivity index (χ4n) is 1.67. The molecule has 1 amide bonds. The third-order valence-electron chi connectivity index (χ3n) is 3.11. The van der Waals surface area contributed by atoms with Gasteiger partial charge in [0.2, 0.25) is 5.91 Å².